The Balaban J connectivity index is 1.49. The zero-order valence-corrected chi connectivity index (χ0v) is 15.5. The van der Waals surface area contributed by atoms with Crippen LogP contribution in [-0.4, -0.2) is 23.9 Å². The van der Waals surface area contributed by atoms with E-state index in [1.54, 1.807) is 24.3 Å². The molecular formula is C21H25NO4. The van der Waals surface area contributed by atoms with Gasteiger partial charge in [0.25, 0.3) is 0 Å². The molecule has 1 heterocycles. The normalized spacial score (nSPS) is 32.3. The molecule has 26 heavy (non-hydrogen) atoms. The number of amides is 2. The van der Waals surface area contributed by atoms with Gasteiger partial charge in [-0.1, -0.05) is 26.8 Å². The van der Waals surface area contributed by atoms with Crippen molar-refractivity contribution in [3.05, 3.63) is 29.8 Å². The van der Waals surface area contributed by atoms with Crippen molar-refractivity contribution in [2.24, 2.45) is 23.2 Å². The Bertz CT molecular complexity index is 768. The summed E-state index contributed by atoms with van der Waals surface area (Å²) in [7, 11) is 0. The van der Waals surface area contributed by atoms with Gasteiger partial charge in [0, 0.05) is 12.8 Å². The topological polar surface area (TPSA) is 63.7 Å². The van der Waals surface area contributed by atoms with Gasteiger partial charge in [0.15, 0.2) is 0 Å². The van der Waals surface area contributed by atoms with Gasteiger partial charge >= 0.3 is 5.97 Å². The van der Waals surface area contributed by atoms with Gasteiger partial charge in [0.1, 0.15) is 6.10 Å². The number of esters is 1. The molecule has 3 saturated carbocycles. The van der Waals surface area contributed by atoms with Gasteiger partial charge < -0.3 is 4.74 Å². The molecule has 2 amide bonds. The first kappa shape index (κ1) is 17.3. The molecule has 4 atom stereocenters. The Hall–Kier alpha value is -2.17. The minimum atomic E-state index is -0.373. The Labute approximate surface area is 153 Å². The van der Waals surface area contributed by atoms with Gasteiger partial charge in [-0.15, -0.1) is 0 Å². The lowest BCUT2D eigenvalue weighted by atomic mass is 9.45. The van der Waals surface area contributed by atoms with E-state index in [0.29, 0.717) is 34.4 Å². The summed E-state index contributed by atoms with van der Waals surface area (Å²) in [6.45, 7) is 6.81. The zero-order valence-electron chi connectivity index (χ0n) is 15.5. The highest BCUT2D eigenvalue weighted by atomic mass is 16.5. The number of ether oxygens (including phenoxy) is 1. The van der Waals surface area contributed by atoms with Crippen LogP contribution in [0.25, 0.3) is 0 Å². The van der Waals surface area contributed by atoms with Gasteiger partial charge in [0.05, 0.1) is 11.3 Å². The second kappa shape index (κ2) is 5.93. The van der Waals surface area contributed by atoms with Crippen LogP contribution in [-0.2, 0) is 14.3 Å². The van der Waals surface area contributed by atoms with Gasteiger partial charge in [0.2, 0.25) is 11.8 Å². The molecule has 2 bridgehead atoms. The van der Waals surface area contributed by atoms with Gasteiger partial charge in [-0.2, -0.15) is 0 Å². The third kappa shape index (κ3) is 2.56. The summed E-state index contributed by atoms with van der Waals surface area (Å²) >= 11 is 0. The zero-order chi connectivity index (χ0) is 18.6. The molecule has 0 aromatic heterocycles. The van der Waals surface area contributed by atoms with Crippen molar-refractivity contribution in [3.8, 4) is 0 Å². The Morgan fingerprint density at radius 3 is 2.46 bits per heavy atom. The second-order valence-electron chi connectivity index (χ2n) is 8.57. The van der Waals surface area contributed by atoms with E-state index in [1.165, 1.54) is 6.42 Å². The maximum absolute atomic E-state index is 12.7. The van der Waals surface area contributed by atoms with Crippen LogP contribution >= 0.6 is 0 Å². The first-order chi connectivity index (χ1) is 12.3. The summed E-state index contributed by atoms with van der Waals surface area (Å²) in [4.78, 5) is 37.7. The van der Waals surface area contributed by atoms with E-state index in [9.17, 15) is 14.4 Å². The van der Waals surface area contributed by atoms with Crippen LogP contribution in [0, 0.1) is 23.2 Å². The number of nitrogens with zero attached hydrogens (tertiary/aromatic N) is 1. The number of rotatable bonds is 3. The van der Waals surface area contributed by atoms with Crippen molar-refractivity contribution in [1.82, 2.24) is 0 Å². The van der Waals surface area contributed by atoms with Gasteiger partial charge in [-0.05, 0) is 54.2 Å². The fraction of sp³-hybridized carbons (Fsp3) is 0.571. The molecule has 5 nitrogen and oxygen atoms in total. The number of hydrogen-bond acceptors (Lipinski definition) is 4. The molecule has 1 aliphatic heterocycles. The lowest BCUT2D eigenvalue weighted by molar-refractivity contribution is -0.156. The molecular weight excluding hydrogens is 330 g/mol. The molecule has 1 aromatic rings. The molecule has 4 aliphatic rings. The first-order valence-electron chi connectivity index (χ1n) is 9.46. The van der Waals surface area contributed by atoms with E-state index in [4.69, 9.17) is 4.74 Å². The molecule has 0 unspecified atom stereocenters. The molecule has 0 radical (unpaired) electrons. The predicted molar refractivity (Wildman–Crippen MR) is 96.5 cm³/mol. The van der Waals surface area contributed by atoms with Crippen LogP contribution in [0.4, 0.5) is 5.69 Å². The lowest BCUT2D eigenvalue weighted by Gasteiger charge is -2.61. The van der Waals surface area contributed by atoms with Crippen molar-refractivity contribution in [2.45, 2.75) is 52.6 Å². The number of benzene rings is 1. The predicted octanol–water partition coefficient (Wildman–Crippen LogP) is 3.57. The summed E-state index contributed by atoms with van der Waals surface area (Å²) in [6.07, 6.45) is 2.55. The highest BCUT2D eigenvalue weighted by molar-refractivity contribution is 6.20. The Morgan fingerprint density at radius 1 is 1.15 bits per heavy atom. The molecule has 5 heteroatoms. The van der Waals surface area contributed by atoms with E-state index in [2.05, 4.69) is 20.8 Å². The fourth-order valence-electron chi connectivity index (χ4n) is 5.10. The third-order valence-electron chi connectivity index (χ3n) is 6.93. The Kier molecular flexibility index (Phi) is 3.94. The number of carbonyl (C=O) groups excluding carboxylic acids is 3. The van der Waals surface area contributed by atoms with E-state index in [0.717, 1.165) is 11.3 Å². The summed E-state index contributed by atoms with van der Waals surface area (Å²) in [5.74, 6) is 0.760. The minimum Gasteiger partial charge on any atom is -0.458 e. The molecule has 0 spiro atoms. The van der Waals surface area contributed by atoms with Crippen molar-refractivity contribution < 1.29 is 19.1 Å². The summed E-state index contributed by atoms with van der Waals surface area (Å²) in [6, 6.07) is 6.63. The average molecular weight is 355 g/mol. The number of anilines is 1. The maximum atomic E-state index is 12.7. The van der Waals surface area contributed by atoms with E-state index >= 15 is 0 Å². The Morgan fingerprint density at radius 2 is 1.85 bits per heavy atom. The van der Waals surface area contributed by atoms with Crippen molar-refractivity contribution in [3.63, 3.8) is 0 Å². The van der Waals surface area contributed by atoms with E-state index in [1.807, 2.05) is 0 Å². The number of carbonyl (C=O) groups is 3. The third-order valence-corrected chi connectivity index (χ3v) is 6.93. The second-order valence-corrected chi connectivity index (χ2v) is 8.57. The lowest BCUT2D eigenvalue weighted by Crippen LogP contribution is -2.57. The van der Waals surface area contributed by atoms with Gasteiger partial charge in [-0.25, -0.2) is 4.79 Å². The molecule has 1 saturated heterocycles. The summed E-state index contributed by atoms with van der Waals surface area (Å²) in [5.41, 5.74) is 1.19. The van der Waals surface area contributed by atoms with E-state index in [-0.39, 0.29) is 36.7 Å². The summed E-state index contributed by atoms with van der Waals surface area (Å²) in [5, 5.41) is 0. The monoisotopic (exact) mass is 355 g/mol. The largest absolute Gasteiger partial charge is 0.458 e. The van der Waals surface area contributed by atoms with Crippen molar-refractivity contribution in [2.75, 3.05) is 4.90 Å². The van der Waals surface area contributed by atoms with Crippen LogP contribution in [0.1, 0.15) is 56.8 Å². The SMILES string of the molecule is C[C@@H]1[C@@H](OC(=O)c2cccc(N3C(=O)CCC3=O)c2)C[C@@H]2C[C@@H]1C2(C)C. The maximum Gasteiger partial charge on any atom is 0.338 e. The first-order valence-corrected chi connectivity index (χ1v) is 9.46. The highest BCUT2D eigenvalue weighted by Crippen LogP contribution is 2.61. The van der Waals surface area contributed by atoms with Crippen LogP contribution in [0.15, 0.2) is 24.3 Å². The van der Waals surface area contributed by atoms with Crippen molar-refractivity contribution in [1.29, 1.82) is 0 Å². The molecule has 0 N–H and O–H groups in total. The van der Waals surface area contributed by atoms with Crippen LogP contribution in [0.5, 0.6) is 0 Å². The average Bonchev–Trinajstić information content (AvgIpc) is 2.94. The van der Waals surface area contributed by atoms with Crippen molar-refractivity contribution >= 4 is 23.5 Å². The molecule has 5 rings (SSSR count). The standard InChI is InChI=1S/C21H25NO4/c1-12-16-10-14(21(16,2)3)11-17(12)26-20(25)13-5-4-6-15(9-13)22-18(23)7-8-19(22)24/h4-6,9,12,14,16-17H,7-8,10-11H2,1-3H3/t12-,14-,16-,17-/m0/s1. The number of imide groups is 1. The quantitative estimate of drug-likeness (QED) is 0.614. The minimum absolute atomic E-state index is 0.0574. The number of fused-ring (bicyclic) bond motifs is 2. The molecule has 3 aliphatic carbocycles. The van der Waals surface area contributed by atoms with Gasteiger partial charge in [-0.3, -0.25) is 14.5 Å². The molecule has 1 aromatic carbocycles. The van der Waals surface area contributed by atoms with Crippen LogP contribution in [0.2, 0.25) is 0 Å². The van der Waals surface area contributed by atoms with Crippen LogP contribution in [0.3, 0.4) is 0 Å². The van der Waals surface area contributed by atoms with E-state index < -0.39 is 0 Å². The molecule has 138 valence electrons. The van der Waals surface area contributed by atoms with Crippen LogP contribution < -0.4 is 4.90 Å². The highest BCUT2D eigenvalue weighted by Gasteiger charge is 2.57. The smallest absolute Gasteiger partial charge is 0.338 e. The summed E-state index contributed by atoms with van der Waals surface area (Å²) < 4.78 is 5.83. The number of hydrogen-bond donors (Lipinski definition) is 0. The molecule has 4 fully saturated rings. The fourth-order valence-corrected chi connectivity index (χ4v) is 5.10.